The van der Waals surface area contributed by atoms with Crippen molar-refractivity contribution in [2.45, 2.75) is 12.5 Å². The number of aliphatic carboxylic acids is 1. The zero-order chi connectivity index (χ0) is 13.0. The number of hydrogen-bond donors (Lipinski definition) is 2. The summed E-state index contributed by atoms with van der Waals surface area (Å²) in [6, 6.07) is 9.14. The Hall–Kier alpha value is -2.43. The summed E-state index contributed by atoms with van der Waals surface area (Å²) in [5.41, 5.74) is -0.232. The Kier molecular flexibility index (Phi) is 3.23. The predicted molar refractivity (Wildman–Crippen MR) is 67.1 cm³/mol. The van der Waals surface area contributed by atoms with Gasteiger partial charge in [0.2, 0.25) is 0 Å². The molecule has 0 aliphatic carbocycles. The molecule has 92 valence electrons. The van der Waals surface area contributed by atoms with E-state index in [4.69, 9.17) is 0 Å². The van der Waals surface area contributed by atoms with E-state index < -0.39 is 11.5 Å². The Morgan fingerprint density at radius 2 is 2.00 bits per heavy atom. The van der Waals surface area contributed by atoms with Gasteiger partial charge in [0.05, 0.1) is 11.9 Å². The van der Waals surface area contributed by atoms with E-state index in [1.807, 2.05) is 18.2 Å². The highest BCUT2D eigenvalue weighted by Gasteiger charge is 2.36. The predicted octanol–water partition coefficient (Wildman–Crippen LogP) is 1.89. The average Bonchev–Trinajstić information content (AvgIpc) is 2.40. The summed E-state index contributed by atoms with van der Waals surface area (Å²) in [5, 5.41) is 12.4. The Labute approximate surface area is 105 Å². The summed E-state index contributed by atoms with van der Waals surface area (Å²) in [5.74, 6) is -1.01. The number of hydrogen-bond acceptors (Lipinski definition) is 4. The standard InChI is InChI=1S/C13H13N3O2/c1-13(12(17)18,11-9-14-7-8-15-11)16-10-5-3-2-4-6-10/h2-9,16H,1H3,(H,17,18). The van der Waals surface area contributed by atoms with E-state index in [1.165, 1.54) is 18.6 Å². The van der Waals surface area contributed by atoms with Gasteiger partial charge in [-0.15, -0.1) is 0 Å². The first kappa shape index (κ1) is 12.0. The molecule has 0 amide bonds. The number of para-hydroxylation sites is 1. The van der Waals surface area contributed by atoms with Crippen LogP contribution in [0.15, 0.2) is 48.9 Å². The van der Waals surface area contributed by atoms with E-state index in [0.29, 0.717) is 11.4 Å². The van der Waals surface area contributed by atoms with Crippen molar-refractivity contribution >= 4 is 11.7 Å². The number of aromatic nitrogens is 2. The van der Waals surface area contributed by atoms with E-state index in [0.717, 1.165) is 0 Å². The van der Waals surface area contributed by atoms with Crippen LogP contribution in [0.5, 0.6) is 0 Å². The Morgan fingerprint density at radius 3 is 2.56 bits per heavy atom. The van der Waals surface area contributed by atoms with E-state index >= 15 is 0 Å². The zero-order valence-corrected chi connectivity index (χ0v) is 9.87. The quantitative estimate of drug-likeness (QED) is 0.857. The van der Waals surface area contributed by atoms with Crippen molar-refractivity contribution in [3.05, 3.63) is 54.6 Å². The molecule has 0 aliphatic heterocycles. The molecule has 2 N–H and O–H groups in total. The van der Waals surface area contributed by atoms with Crippen molar-refractivity contribution in [3.63, 3.8) is 0 Å². The summed E-state index contributed by atoms with van der Waals surface area (Å²) < 4.78 is 0. The van der Waals surface area contributed by atoms with Crippen LogP contribution in [0.25, 0.3) is 0 Å². The number of carboxylic acids is 1. The van der Waals surface area contributed by atoms with Gasteiger partial charge in [0, 0.05) is 18.1 Å². The molecule has 2 aromatic rings. The molecule has 18 heavy (non-hydrogen) atoms. The van der Waals surface area contributed by atoms with Crippen LogP contribution in [0.4, 0.5) is 5.69 Å². The monoisotopic (exact) mass is 243 g/mol. The molecule has 1 aromatic heterocycles. The van der Waals surface area contributed by atoms with Crippen molar-refractivity contribution < 1.29 is 9.90 Å². The molecule has 1 heterocycles. The molecule has 1 unspecified atom stereocenters. The molecule has 0 fully saturated rings. The van der Waals surface area contributed by atoms with Gasteiger partial charge in [-0.2, -0.15) is 0 Å². The molecule has 0 saturated heterocycles. The summed E-state index contributed by atoms with van der Waals surface area (Å²) in [6.07, 6.45) is 4.43. The molecule has 0 radical (unpaired) electrons. The molecular weight excluding hydrogens is 230 g/mol. The van der Waals surface area contributed by atoms with E-state index in [1.54, 1.807) is 19.1 Å². The van der Waals surface area contributed by atoms with Gasteiger partial charge in [-0.3, -0.25) is 9.97 Å². The topological polar surface area (TPSA) is 75.1 Å². The largest absolute Gasteiger partial charge is 0.479 e. The maximum absolute atomic E-state index is 11.5. The van der Waals surface area contributed by atoms with Gasteiger partial charge in [0.1, 0.15) is 0 Å². The number of rotatable bonds is 4. The van der Waals surface area contributed by atoms with E-state index in [9.17, 15) is 9.90 Å². The first-order valence-electron chi connectivity index (χ1n) is 5.46. The smallest absolute Gasteiger partial charge is 0.335 e. The normalized spacial score (nSPS) is 13.6. The second-order valence-corrected chi connectivity index (χ2v) is 4.01. The Balaban J connectivity index is 2.37. The fourth-order valence-corrected chi connectivity index (χ4v) is 1.59. The van der Waals surface area contributed by atoms with Crippen molar-refractivity contribution in [1.29, 1.82) is 0 Å². The number of benzene rings is 1. The molecule has 5 heteroatoms. The fraction of sp³-hybridized carbons (Fsp3) is 0.154. The summed E-state index contributed by atoms with van der Waals surface area (Å²) >= 11 is 0. The first-order chi connectivity index (χ1) is 8.63. The SMILES string of the molecule is CC(Nc1ccccc1)(C(=O)O)c1cnccn1. The maximum atomic E-state index is 11.5. The van der Waals surface area contributed by atoms with Gasteiger partial charge in [-0.25, -0.2) is 4.79 Å². The lowest BCUT2D eigenvalue weighted by atomic mass is 9.98. The third kappa shape index (κ3) is 2.29. The van der Waals surface area contributed by atoms with Crippen LogP contribution in [0.3, 0.4) is 0 Å². The highest BCUT2D eigenvalue weighted by atomic mass is 16.4. The van der Waals surface area contributed by atoms with Crippen LogP contribution in [0.1, 0.15) is 12.6 Å². The van der Waals surface area contributed by atoms with Gasteiger partial charge in [-0.1, -0.05) is 18.2 Å². The lowest BCUT2D eigenvalue weighted by Gasteiger charge is -2.26. The van der Waals surface area contributed by atoms with Gasteiger partial charge in [-0.05, 0) is 19.1 Å². The van der Waals surface area contributed by atoms with Crippen molar-refractivity contribution in [3.8, 4) is 0 Å². The first-order valence-corrected chi connectivity index (χ1v) is 5.46. The zero-order valence-electron chi connectivity index (χ0n) is 9.87. The van der Waals surface area contributed by atoms with Gasteiger partial charge in [0.25, 0.3) is 0 Å². The van der Waals surface area contributed by atoms with Gasteiger partial charge >= 0.3 is 5.97 Å². The molecule has 1 atom stereocenters. The number of anilines is 1. The minimum atomic E-state index is -1.31. The van der Waals surface area contributed by atoms with Crippen LogP contribution in [0, 0.1) is 0 Å². The number of carboxylic acid groups (broad SMARTS) is 1. The summed E-state index contributed by atoms with van der Waals surface area (Å²) in [7, 11) is 0. The van der Waals surface area contributed by atoms with Crippen LogP contribution in [-0.2, 0) is 10.3 Å². The third-order valence-electron chi connectivity index (χ3n) is 2.67. The molecular formula is C13H13N3O2. The summed E-state index contributed by atoms with van der Waals surface area (Å²) in [6.45, 7) is 1.56. The second-order valence-electron chi connectivity index (χ2n) is 4.01. The fourth-order valence-electron chi connectivity index (χ4n) is 1.59. The van der Waals surface area contributed by atoms with Crippen LogP contribution >= 0.6 is 0 Å². The highest BCUT2D eigenvalue weighted by Crippen LogP contribution is 2.24. The third-order valence-corrected chi connectivity index (χ3v) is 2.67. The van der Waals surface area contributed by atoms with E-state index in [-0.39, 0.29) is 0 Å². The van der Waals surface area contributed by atoms with Crippen LogP contribution in [-0.4, -0.2) is 21.0 Å². The van der Waals surface area contributed by atoms with Crippen LogP contribution in [0.2, 0.25) is 0 Å². The Morgan fingerprint density at radius 1 is 1.28 bits per heavy atom. The van der Waals surface area contributed by atoms with Gasteiger partial charge in [0.15, 0.2) is 5.54 Å². The minimum absolute atomic E-state index is 0.362. The lowest BCUT2D eigenvalue weighted by molar-refractivity contribution is -0.142. The van der Waals surface area contributed by atoms with Crippen molar-refractivity contribution in [2.75, 3.05) is 5.32 Å². The number of carbonyl (C=O) groups is 1. The summed E-state index contributed by atoms with van der Waals surface area (Å²) in [4.78, 5) is 19.5. The maximum Gasteiger partial charge on any atom is 0.335 e. The molecule has 5 nitrogen and oxygen atoms in total. The molecule has 1 aromatic carbocycles. The molecule has 0 bridgehead atoms. The number of nitrogens with one attached hydrogen (secondary N) is 1. The average molecular weight is 243 g/mol. The van der Waals surface area contributed by atoms with Crippen molar-refractivity contribution in [1.82, 2.24) is 9.97 Å². The van der Waals surface area contributed by atoms with Crippen LogP contribution < -0.4 is 5.32 Å². The minimum Gasteiger partial charge on any atom is -0.479 e. The van der Waals surface area contributed by atoms with Gasteiger partial charge < -0.3 is 10.4 Å². The molecule has 0 spiro atoms. The second kappa shape index (κ2) is 4.83. The molecule has 0 aliphatic rings. The van der Waals surface area contributed by atoms with Crippen molar-refractivity contribution in [2.24, 2.45) is 0 Å². The number of nitrogens with zero attached hydrogens (tertiary/aromatic N) is 2. The lowest BCUT2D eigenvalue weighted by Crippen LogP contribution is -2.41. The molecule has 2 rings (SSSR count). The van der Waals surface area contributed by atoms with E-state index in [2.05, 4.69) is 15.3 Å². The Bertz CT molecular complexity index is 530. The highest BCUT2D eigenvalue weighted by molar-refractivity contribution is 5.83. The molecule has 0 saturated carbocycles.